The fraction of sp³-hybridized carbons (Fsp3) is 0.608. The maximum absolute atomic E-state index is 7.20. The van der Waals surface area contributed by atoms with Crippen LogP contribution in [0.3, 0.4) is 0 Å². The van der Waals surface area contributed by atoms with Gasteiger partial charge in [0.25, 0.3) is 0 Å². The first-order valence-corrected chi connectivity index (χ1v) is 22.4. The van der Waals surface area contributed by atoms with E-state index in [4.69, 9.17) is 22.8 Å². The van der Waals surface area contributed by atoms with Gasteiger partial charge in [0.2, 0.25) is 0 Å². The molecular weight excluding hydrogens is 713 g/mol. The van der Waals surface area contributed by atoms with Crippen LogP contribution in [0.5, 0.6) is 0 Å². The van der Waals surface area contributed by atoms with Crippen molar-refractivity contribution >= 4 is 0 Å². The van der Waals surface area contributed by atoms with Crippen LogP contribution in [-0.2, 0) is 4.74 Å². The third-order valence-corrected chi connectivity index (χ3v) is 11.8. The molecule has 0 spiro atoms. The Labute approximate surface area is 356 Å². The summed E-state index contributed by atoms with van der Waals surface area (Å²) in [6.07, 6.45) is 26.1. The highest BCUT2D eigenvalue weighted by Crippen LogP contribution is 2.38. The van der Waals surface area contributed by atoms with E-state index < -0.39 is 5.60 Å². The summed E-state index contributed by atoms with van der Waals surface area (Å²) < 4.78 is 7.20. The van der Waals surface area contributed by atoms with Gasteiger partial charge in [-0.05, 0) is 108 Å². The second kappa shape index (κ2) is 25.6. The second-order valence-corrected chi connectivity index (χ2v) is 18.4. The third kappa shape index (κ3) is 18.4. The third-order valence-electron chi connectivity index (χ3n) is 11.8. The lowest BCUT2D eigenvalue weighted by atomic mass is 9.77. The maximum Gasteiger partial charge on any atom is 0.108 e. The second-order valence-electron chi connectivity index (χ2n) is 18.4. The van der Waals surface area contributed by atoms with Crippen LogP contribution >= 0.6 is 0 Å². The van der Waals surface area contributed by atoms with Crippen LogP contribution in [0.25, 0.3) is 0 Å². The molecule has 2 aliphatic rings. The number of allylic oxidation sites excluding steroid dienone is 8. The average Bonchev–Trinajstić information content (AvgIpc) is 3.13. The minimum Gasteiger partial charge on any atom is -0.403 e. The summed E-state index contributed by atoms with van der Waals surface area (Å²) in [7, 11) is 0. The molecule has 0 aromatic carbocycles. The van der Waals surface area contributed by atoms with E-state index in [1.165, 1.54) is 5.57 Å². The summed E-state index contributed by atoms with van der Waals surface area (Å²) >= 11 is 0. The molecule has 2 rings (SSSR count). The first-order chi connectivity index (χ1) is 27.3. The van der Waals surface area contributed by atoms with Crippen LogP contribution in [0.15, 0.2) is 122 Å². The van der Waals surface area contributed by atoms with Crippen molar-refractivity contribution in [3.05, 3.63) is 122 Å². The molecule has 1 saturated heterocycles. The van der Waals surface area contributed by atoms with Gasteiger partial charge in [0.05, 0.1) is 24.2 Å². The lowest BCUT2D eigenvalue weighted by Gasteiger charge is -2.41. The Morgan fingerprint density at radius 2 is 1.60 bits per heavy atom. The lowest BCUT2D eigenvalue weighted by molar-refractivity contribution is -0.0649. The highest BCUT2D eigenvalue weighted by molar-refractivity contribution is 5.22. The molecule has 8 N–H and O–H groups in total. The van der Waals surface area contributed by atoms with Crippen LogP contribution in [0.1, 0.15) is 138 Å². The predicted molar refractivity (Wildman–Crippen MR) is 253 cm³/mol. The average molecular weight is 799 g/mol. The Kier molecular flexibility index (Phi) is 22.2. The number of nitrogens with one attached hydrogen (secondary N) is 4. The van der Waals surface area contributed by atoms with E-state index in [9.17, 15) is 0 Å². The van der Waals surface area contributed by atoms with Gasteiger partial charge in [0, 0.05) is 46.6 Å². The van der Waals surface area contributed by atoms with E-state index in [-0.39, 0.29) is 24.2 Å². The Balaban J connectivity index is 2.55. The van der Waals surface area contributed by atoms with Gasteiger partial charge in [-0.2, -0.15) is 0 Å². The largest absolute Gasteiger partial charge is 0.403 e. The molecule has 2 fully saturated rings. The monoisotopic (exact) mass is 799 g/mol. The van der Waals surface area contributed by atoms with Gasteiger partial charge in [0.15, 0.2) is 0 Å². The summed E-state index contributed by atoms with van der Waals surface area (Å²) in [6.45, 7) is 46.7. The fourth-order valence-corrected chi connectivity index (χ4v) is 8.41. The number of unbranched alkanes of at least 4 members (excludes halogenated alkanes) is 1. The molecule has 1 saturated carbocycles. The molecule has 7 heteroatoms. The van der Waals surface area contributed by atoms with E-state index in [0.717, 1.165) is 93.4 Å². The number of fused-ring (bicyclic) bond motifs is 2. The van der Waals surface area contributed by atoms with Crippen molar-refractivity contribution in [2.24, 2.45) is 35.1 Å². The molecular formula is C51H86N6O. The first kappa shape index (κ1) is 50.3. The van der Waals surface area contributed by atoms with Crippen molar-refractivity contribution in [2.75, 3.05) is 0 Å². The van der Waals surface area contributed by atoms with Crippen molar-refractivity contribution < 1.29 is 4.74 Å². The first-order valence-electron chi connectivity index (χ1n) is 22.4. The van der Waals surface area contributed by atoms with Crippen LogP contribution in [0.4, 0.5) is 0 Å². The molecule has 7 nitrogen and oxygen atoms in total. The van der Waals surface area contributed by atoms with Crippen molar-refractivity contribution in [3.63, 3.8) is 0 Å². The van der Waals surface area contributed by atoms with Gasteiger partial charge in [0.1, 0.15) is 5.60 Å². The Hall–Kier alpha value is -3.84. The Morgan fingerprint density at radius 1 is 0.914 bits per heavy atom. The minimum absolute atomic E-state index is 0.0352. The molecule has 58 heavy (non-hydrogen) atoms. The zero-order valence-corrected chi connectivity index (χ0v) is 38.1. The number of hydrogen-bond acceptors (Lipinski definition) is 7. The number of nitrogens with two attached hydrogens (primary N) is 2. The van der Waals surface area contributed by atoms with Crippen LogP contribution < -0.4 is 32.7 Å². The molecule has 8 unspecified atom stereocenters. The molecule has 0 radical (unpaired) electrons. The molecule has 0 aromatic heterocycles. The van der Waals surface area contributed by atoms with Gasteiger partial charge in [-0.1, -0.05) is 136 Å². The van der Waals surface area contributed by atoms with Crippen molar-refractivity contribution in [1.82, 2.24) is 21.3 Å². The number of ether oxygens (including phenoxy) is 1. The molecule has 1 heterocycles. The zero-order chi connectivity index (χ0) is 43.4. The minimum atomic E-state index is -0.745. The van der Waals surface area contributed by atoms with Crippen molar-refractivity contribution in [3.8, 4) is 0 Å². The van der Waals surface area contributed by atoms with E-state index in [2.05, 4.69) is 146 Å². The van der Waals surface area contributed by atoms with Gasteiger partial charge in [-0.25, -0.2) is 0 Å². The van der Waals surface area contributed by atoms with E-state index in [0.29, 0.717) is 60.4 Å². The van der Waals surface area contributed by atoms with Gasteiger partial charge in [-0.15, -0.1) is 0 Å². The number of rotatable bonds is 16. The normalized spacial score (nSPS) is 28.0. The highest BCUT2D eigenvalue weighted by Gasteiger charge is 2.37. The summed E-state index contributed by atoms with van der Waals surface area (Å²) in [4.78, 5) is 0. The van der Waals surface area contributed by atoms with Crippen molar-refractivity contribution in [2.45, 2.75) is 174 Å². The molecule has 1 aliphatic heterocycles. The summed E-state index contributed by atoms with van der Waals surface area (Å²) in [6, 6.07) is 0.170. The van der Waals surface area contributed by atoms with E-state index in [1.54, 1.807) is 0 Å². The smallest absolute Gasteiger partial charge is 0.108 e. The molecule has 326 valence electrons. The topological polar surface area (TPSA) is 109 Å². The number of hydrogen-bond donors (Lipinski definition) is 6. The summed E-state index contributed by atoms with van der Waals surface area (Å²) in [5, 5.41) is 15.1. The van der Waals surface area contributed by atoms with Gasteiger partial charge in [-0.3, -0.25) is 0 Å². The van der Waals surface area contributed by atoms with E-state index >= 15 is 0 Å². The van der Waals surface area contributed by atoms with Crippen LogP contribution in [-0.4, -0.2) is 35.9 Å². The zero-order valence-electron chi connectivity index (χ0n) is 38.1. The fourth-order valence-electron chi connectivity index (χ4n) is 8.41. The van der Waals surface area contributed by atoms with Crippen molar-refractivity contribution in [1.29, 1.82) is 0 Å². The van der Waals surface area contributed by atoms with Crippen LogP contribution in [0.2, 0.25) is 0 Å². The summed E-state index contributed by atoms with van der Waals surface area (Å²) in [5.41, 5.74) is 17.7. The lowest BCUT2D eigenvalue weighted by Crippen LogP contribution is -2.47. The van der Waals surface area contributed by atoms with Crippen LogP contribution in [0, 0.1) is 23.7 Å². The SMILES string of the molecule is C=C(N)CCC(NC(=C)C1(C)CC(=C)C2CCCC(C2)NC(=C)C(C(C)C)NC(=C)C(CC(C)C)NC(=C)CCC(C/C=C/C=C/C=C/CCC)CC(C)O1)C(=C)N. The Bertz CT molecular complexity index is 1470. The van der Waals surface area contributed by atoms with Gasteiger partial charge < -0.3 is 37.5 Å². The maximum atomic E-state index is 7.20. The summed E-state index contributed by atoms with van der Waals surface area (Å²) in [5.74, 6) is 1.50. The molecule has 0 amide bonds. The standard InChI is InChI=1S/C51H86N6O/c1-15-16-17-18-19-20-21-22-24-45-29-28-39(8)54-49(31-35(2)3)42(11)56-50(36(4)5)43(12)55-47-26-23-25-46(33-47)37(6)34-51(14,58-40(9)32-45)44(13)57-48(41(10)53)30-27-38(7)52/h17-22,35-36,40,45-50,54-57H,6-8,10-13,15-16,23-34,52-53H2,1-5,9,14H3/b18-17+,20-19+,22-21+. The van der Waals surface area contributed by atoms with Gasteiger partial charge >= 0.3 is 0 Å². The molecule has 8 atom stereocenters. The highest BCUT2D eigenvalue weighted by atomic mass is 16.5. The molecule has 1 aliphatic carbocycles. The van der Waals surface area contributed by atoms with E-state index in [1.807, 2.05) is 0 Å². The quantitative estimate of drug-likeness (QED) is 0.0682. The molecule has 2 bridgehead atoms. The predicted octanol–water partition coefficient (Wildman–Crippen LogP) is 11.3. The molecule has 0 aromatic rings. The Morgan fingerprint density at radius 3 is 2.22 bits per heavy atom.